The van der Waals surface area contributed by atoms with Gasteiger partial charge in [0.25, 0.3) is 5.91 Å². The number of benzene rings is 1. The van der Waals surface area contributed by atoms with E-state index < -0.39 is 48.4 Å². The van der Waals surface area contributed by atoms with Crippen LogP contribution in [0, 0.1) is 0 Å². The van der Waals surface area contributed by atoms with Gasteiger partial charge in [0.1, 0.15) is 35.1 Å². The van der Waals surface area contributed by atoms with Gasteiger partial charge in [-0.1, -0.05) is 30.3 Å². The molecule has 2 atom stereocenters. The summed E-state index contributed by atoms with van der Waals surface area (Å²) in [6.45, 7) is 4.03. The fraction of sp³-hybridized carbons (Fsp3) is 0.480. The van der Waals surface area contributed by atoms with Gasteiger partial charge in [-0.05, 0) is 40.0 Å². The number of hydrogen-bond acceptors (Lipinski definition) is 7. The van der Waals surface area contributed by atoms with Gasteiger partial charge in [0.15, 0.2) is 5.78 Å². The number of hydrogen-bond donors (Lipinski definition) is 1. The van der Waals surface area contributed by atoms with Crippen LogP contribution < -0.4 is 5.32 Å². The van der Waals surface area contributed by atoms with Crippen LogP contribution in [0.5, 0.6) is 0 Å². The van der Waals surface area contributed by atoms with Gasteiger partial charge in [-0.15, -0.1) is 11.3 Å². The summed E-state index contributed by atoms with van der Waals surface area (Å²) in [4.78, 5) is 56.6. The molecule has 0 spiro atoms. The van der Waals surface area contributed by atoms with E-state index in [2.05, 4.69) is 10.3 Å². The lowest BCUT2D eigenvalue weighted by molar-refractivity contribution is -0.156. The minimum Gasteiger partial charge on any atom is -0.460 e. The SMILES string of the molecule is CC(C)(C)OC(=O)CC(NC(=O)[C@@H]1CCCCN1C(=O)c1csc(-c2ccccc2)n1)C(=O)CF. The number of alkyl halides is 1. The first kappa shape index (κ1) is 26.5. The van der Waals surface area contributed by atoms with Crippen LogP contribution in [0.15, 0.2) is 35.7 Å². The molecular weight excluding hydrogens is 473 g/mol. The Labute approximate surface area is 207 Å². The highest BCUT2D eigenvalue weighted by atomic mass is 32.1. The number of aromatic nitrogens is 1. The van der Waals surface area contributed by atoms with E-state index >= 15 is 0 Å². The van der Waals surface area contributed by atoms with Crippen LogP contribution in [0.1, 0.15) is 56.9 Å². The molecule has 35 heavy (non-hydrogen) atoms. The summed E-state index contributed by atoms with van der Waals surface area (Å²) in [5.41, 5.74) is 0.334. The molecule has 1 aromatic heterocycles. The molecular formula is C25H30FN3O5S. The second-order valence-electron chi connectivity index (χ2n) is 9.37. The molecule has 1 N–H and O–H groups in total. The molecule has 0 aliphatic carbocycles. The van der Waals surface area contributed by atoms with Gasteiger partial charge < -0.3 is 15.0 Å². The molecule has 0 radical (unpaired) electrons. The Balaban J connectivity index is 1.73. The van der Waals surface area contributed by atoms with Gasteiger partial charge in [-0.2, -0.15) is 0 Å². The lowest BCUT2D eigenvalue weighted by Crippen LogP contribution is -2.55. The van der Waals surface area contributed by atoms with E-state index in [9.17, 15) is 23.6 Å². The largest absolute Gasteiger partial charge is 0.460 e. The molecule has 1 aliphatic heterocycles. The molecule has 8 nitrogen and oxygen atoms in total. The van der Waals surface area contributed by atoms with Crippen LogP contribution in [0.4, 0.5) is 4.39 Å². The van der Waals surface area contributed by atoms with Crippen LogP contribution in [0.3, 0.4) is 0 Å². The molecule has 1 aromatic carbocycles. The number of thiazole rings is 1. The first-order chi connectivity index (χ1) is 16.6. The number of halogens is 1. The van der Waals surface area contributed by atoms with Crippen LogP contribution in [-0.4, -0.2) is 64.4 Å². The molecule has 1 fully saturated rings. The Morgan fingerprint density at radius 3 is 2.57 bits per heavy atom. The lowest BCUT2D eigenvalue weighted by atomic mass is 9.99. The molecule has 2 heterocycles. The maximum Gasteiger partial charge on any atom is 0.308 e. The van der Waals surface area contributed by atoms with Crippen molar-refractivity contribution in [1.29, 1.82) is 0 Å². The first-order valence-electron chi connectivity index (χ1n) is 11.5. The van der Waals surface area contributed by atoms with Crippen molar-refractivity contribution in [2.45, 2.75) is 64.1 Å². The highest BCUT2D eigenvalue weighted by Gasteiger charge is 2.36. The number of ether oxygens (including phenoxy) is 1. The highest BCUT2D eigenvalue weighted by molar-refractivity contribution is 7.13. The van der Waals surface area contributed by atoms with Gasteiger partial charge in [0.2, 0.25) is 5.91 Å². The Morgan fingerprint density at radius 1 is 1.20 bits per heavy atom. The van der Waals surface area contributed by atoms with Crippen molar-refractivity contribution in [3.05, 3.63) is 41.4 Å². The van der Waals surface area contributed by atoms with Crippen molar-refractivity contribution < 1.29 is 28.3 Å². The number of carbonyl (C=O) groups is 4. The summed E-state index contributed by atoms with van der Waals surface area (Å²) in [5, 5.41) is 4.83. The van der Waals surface area contributed by atoms with Crippen LogP contribution in [0.2, 0.25) is 0 Å². The number of ketones is 1. The van der Waals surface area contributed by atoms with Crippen molar-refractivity contribution in [1.82, 2.24) is 15.2 Å². The summed E-state index contributed by atoms with van der Waals surface area (Å²) < 4.78 is 18.4. The molecule has 10 heteroatoms. The molecule has 0 saturated carbocycles. The Kier molecular flexibility index (Phi) is 8.71. The molecule has 2 amide bonds. The number of nitrogens with one attached hydrogen (secondary N) is 1. The molecule has 3 rings (SSSR count). The second-order valence-corrected chi connectivity index (χ2v) is 10.2. The second kappa shape index (κ2) is 11.5. The van der Waals surface area contributed by atoms with E-state index in [4.69, 9.17) is 4.74 Å². The number of likely N-dealkylation sites (tertiary alicyclic amines) is 1. The molecule has 188 valence electrons. The predicted octanol–water partition coefficient (Wildman–Crippen LogP) is 3.56. The monoisotopic (exact) mass is 503 g/mol. The zero-order valence-electron chi connectivity index (χ0n) is 20.1. The van der Waals surface area contributed by atoms with Crippen LogP contribution >= 0.6 is 11.3 Å². The smallest absolute Gasteiger partial charge is 0.308 e. The number of piperidine rings is 1. The highest BCUT2D eigenvalue weighted by Crippen LogP contribution is 2.26. The average Bonchev–Trinajstić information content (AvgIpc) is 3.32. The zero-order valence-corrected chi connectivity index (χ0v) is 20.9. The molecule has 2 aromatic rings. The van der Waals surface area contributed by atoms with E-state index in [0.717, 1.165) is 12.0 Å². The van der Waals surface area contributed by atoms with Crippen LogP contribution in [-0.2, 0) is 19.1 Å². The Bertz CT molecular complexity index is 1070. The normalized spacial score (nSPS) is 16.9. The quantitative estimate of drug-likeness (QED) is 0.552. The third kappa shape index (κ3) is 7.17. The zero-order chi connectivity index (χ0) is 25.6. The van der Waals surface area contributed by atoms with E-state index in [1.54, 1.807) is 26.2 Å². The fourth-order valence-electron chi connectivity index (χ4n) is 3.84. The van der Waals surface area contributed by atoms with Gasteiger partial charge in [0.05, 0.1) is 6.42 Å². The van der Waals surface area contributed by atoms with Gasteiger partial charge in [-0.25, -0.2) is 9.37 Å². The third-order valence-electron chi connectivity index (χ3n) is 5.44. The predicted molar refractivity (Wildman–Crippen MR) is 130 cm³/mol. The van der Waals surface area contributed by atoms with Crippen molar-refractivity contribution in [3.8, 4) is 10.6 Å². The van der Waals surface area contributed by atoms with E-state index in [-0.39, 0.29) is 11.6 Å². The van der Waals surface area contributed by atoms with E-state index in [1.807, 2.05) is 30.3 Å². The topological polar surface area (TPSA) is 106 Å². The van der Waals surface area contributed by atoms with Gasteiger partial charge in [0, 0.05) is 17.5 Å². The molecule has 1 aliphatic rings. The van der Waals surface area contributed by atoms with E-state index in [1.165, 1.54) is 16.2 Å². The minimum atomic E-state index is -1.37. The van der Waals surface area contributed by atoms with E-state index in [0.29, 0.717) is 24.4 Å². The maximum absolute atomic E-state index is 13.3. The Hall–Kier alpha value is -3.14. The summed E-state index contributed by atoms with van der Waals surface area (Å²) in [6.07, 6.45) is 1.33. The molecule has 1 saturated heterocycles. The van der Waals surface area contributed by atoms with Crippen molar-refractivity contribution in [2.24, 2.45) is 0 Å². The summed E-state index contributed by atoms with van der Waals surface area (Å²) >= 11 is 1.34. The summed E-state index contributed by atoms with van der Waals surface area (Å²) in [6, 6.07) is 7.24. The number of esters is 1. The summed E-state index contributed by atoms with van der Waals surface area (Å²) in [7, 11) is 0. The lowest BCUT2D eigenvalue weighted by Gasteiger charge is -2.35. The molecule has 1 unspecified atom stereocenters. The first-order valence-corrected chi connectivity index (χ1v) is 12.4. The van der Waals surface area contributed by atoms with Crippen molar-refractivity contribution in [3.63, 3.8) is 0 Å². The number of nitrogens with zero attached hydrogens (tertiary/aromatic N) is 2. The number of Topliss-reactive ketones (excluding diaryl/α,β-unsaturated/α-hetero) is 1. The molecule has 0 bridgehead atoms. The maximum atomic E-state index is 13.3. The third-order valence-corrected chi connectivity index (χ3v) is 6.33. The average molecular weight is 504 g/mol. The number of rotatable bonds is 8. The van der Waals surface area contributed by atoms with Crippen molar-refractivity contribution >= 4 is 34.9 Å². The Morgan fingerprint density at radius 2 is 1.91 bits per heavy atom. The standard InChI is InChI=1S/C25H30FN3O5S/c1-25(2,3)34-21(31)13-17(20(30)14-26)27-22(32)19-11-7-8-12-29(19)24(33)18-15-35-23(28-18)16-9-5-4-6-10-16/h4-6,9-10,15,17,19H,7-8,11-14H2,1-3H3,(H,27,32)/t17?,19-/m0/s1. The van der Waals surface area contributed by atoms with Crippen LogP contribution in [0.25, 0.3) is 10.6 Å². The van der Waals surface area contributed by atoms with Gasteiger partial charge >= 0.3 is 5.97 Å². The summed E-state index contributed by atoms with van der Waals surface area (Å²) in [5.74, 6) is -2.64. The van der Waals surface area contributed by atoms with Crippen molar-refractivity contribution in [2.75, 3.05) is 13.2 Å². The fourth-order valence-corrected chi connectivity index (χ4v) is 4.64. The number of amides is 2. The minimum absolute atomic E-state index is 0.235. The number of carbonyl (C=O) groups excluding carboxylic acids is 4. The van der Waals surface area contributed by atoms with Gasteiger partial charge in [-0.3, -0.25) is 19.2 Å².